The molecule has 0 atom stereocenters. The lowest BCUT2D eigenvalue weighted by Gasteiger charge is -1.94. The van der Waals surface area contributed by atoms with Crippen LogP contribution in [0.5, 0.6) is 5.75 Å². The van der Waals surface area contributed by atoms with Crippen molar-refractivity contribution in [1.29, 1.82) is 0 Å². The van der Waals surface area contributed by atoms with Gasteiger partial charge in [0.05, 0.1) is 0 Å². The summed E-state index contributed by atoms with van der Waals surface area (Å²) in [6, 6.07) is 6.12. The highest BCUT2D eigenvalue weighted by molar-refractivity contribution is 9.08. The minimum absolute atomic E-state index is 0.432. The quantitative estimate of drug-likeness (QED) is 0.770. The number of thiophene rings is 1. The molecular formula is C10H9BrOS. The van der Waals surface area contributed by atoms with Crippen molar-refractivity contribution >= 4 is 37.4 Å². The predicted octanol–water partition coefficient (Wildman–Crippen LogP) is 3.81. The maximum atomic E-state index is 9.66. The SMILES string of the molecule is Cc1sc2cc(CBr)ccc2c1O. The molecule has 2 aromatic rings. The molecule has 13 heavy (non-hydrogen) atoms. The Morgan fingerprint density at radius 2 is 2.23 bits per heavy atom. The van der Waals surface area contributed by atoms with E-state index >= 15 is 0 Å². The number of halogens is 1. The Balaban J connectivity index is 2.73. The monoisotopic (exact) mass is 256 g/mol. The van der Waals surface area contributed by atoms with Gasteiger partial charge in [0.15, 0.2) is 0 Å². The second kappa shape index (κ2) is 3.31. The first kappa shape index (κ1) is 9.03. The van der Waals surface area contributed by atoms with E-state index in [-0.39, 0.29) is 0 Å². The first-order chi connectivity index (χ1) is 6.22. The lowest BCUT2D eigenvalue weighted by Crippen LogP contribution is -1.74. The molecule has 0 unspecified atom stereocenters. The number of aryl methyl sites for hydroxylation is 1. The van der Waals surface area contributed by atoms with E-state index in [1.807, 2.05) is 19.1 Å². The van der Waals surface area contributed by atoms with Crippen LogP contribution in [0.4, 0.5) is 0 Å². The van der Waals surface area contributed by atoms with Crippen LogP contribution in [0.2, 0.25) is 0 Å². The smallest absolute Gasteiger partial charge is 0.137 e. The van der Waals surface area contributed by atoms with E-state index in [1.54, 1.807) is 11.3 Å². The fourth-order valence-corrected chi connectivity index (χ4v) is 2.70. The number of benzene rings is 1. The Labute approximate surface area is 89.1 Å². The molecule has 0 saturated heterocycles. The summed E-state index contributed by atoms with van der Waals surface area (Å²) in [5.41, 5.74) is 1.24. The second-order valence-electron chi connectivity index (χ2n) is 2.97. The summed E-state index contributed by atoms with van der Waals surface area (Å²) in [5, 5.41) is 11.5. The lowest BCUT2D eigenvalue weighted by atomic mass is 10.2. The van der Waals surface area contributed by atoms with Gasteiger partial charge in [0.25, 0.3) is 0 Å². The van der Waals surface area contributed by atoms with Crippen LogP contribution >= 0.6 is 27.3 Å². The zero-order chi connectivity index (χ0) is 9.42. The highest BCUT2D eigenvalue weighted by Gasteiger charge is 2.06. The van der Waals surface area contributed by atoms with E-state index in [9.17, 15) is 5.11 Å². The topological polar surface area (TPSA) is 20.2 Å². The molecule has 0 aliphatic heterocycles. The zero-order valence-electron chi connectivity index (χ0n) is 7.17. The Kier molecular flexibility index (Phi) is 2.30. The number of rotatable bonds is 1. The Hall–Kier alpha value is -0.540. The zero-order valence-corrected chi connectivity index (χ0v) is 9.58. The summed E-state index contributed by atoms with van der Waals surface area (Å²) in [6.07, 6.45) is 0. The Morgan fingerprint density at radius 3 is 2.92 bits per heavy atom. The van der Waals surface area contributed by atoms with Crippen molar-refractivity contribution in [3.63, 3.8) is 0 Å². The number of fused-ring (bicyclic) bond motifs is 1. The third kappa shape index (κ3) is 1.46. The van der Waals surface area contributed by atoms with Gasteiger partial charge in [-0.05, 0) is 24.6 Å². The number of alkyl halides is 1. The highest BCUT2D eigenvalue weighted by Crippen LogP contribution is 2.36. The van der Waals surface area contributed by atoms with Crippen molar-refractivity contribution in [3.05, 3.63) is 28.6 Å². The lowest BCUT2D eigenvalue weighted by molar-refractivity contribution is 0.480. The average Bonchev–Trinajstić information content (AvgIpc) is 2.42. The molecule has 68 valence electrons. The molecule has 1 heterocycles. The molecule has 0 aliphatic carbocycles. The van der Waals surface area contributed by atoms with Crippen molar-refractivity contribution in [2.75, 3.05) is 0 Å². The summed E-state index contributed by atoms with van der Waals surface area (Å²) in [4.78, 5) is 0.988. The molecule has 0 amide bonds. The van der Waals surface area contributed by atoms with Crippen LogP contribution in [0.25, 0.3) is 10.1 Å². The van der Waals surface area contributed by atoms with Crippen LogP contribution in [0, 0.1) is 6.92 Å². The summed E-state index contributed by atoms with van der Waals surface area (Å²) >= 11 is 5.05. The Morgan fingerprint density at radius 1 is 1.46 bits per heavy atom. The maximum absolute atomic E-state index is 9.66. The van der Waals surface area contributed by atoms with Gasteiger partial charge in [0.2, 0.25) is 0 Å². The van der Waals surface area contributed by atoms with Gasteiger partial charge in [-0.25, -0.2) is 0 Å². The fourth-order valence-electron chi connectivity index (χ4n) is 1.33. The minimum atomic E-state index is 0.432. The normalized spacial score (nSPS) is 10.9. The molecule has 1 aromatic heterocycles. The van der Waals surface area contributed by atoms with E-state index in [0.717, 1.165) is 20.3 Å². The first-order valence-corrected chi connectivity index (χ1v) is 5.93. The van der Waals surface area contributed by atoms with Crippen molar-refractivity contribution in [1.82, 2.24) is 0 Å². The van der Waals surface area contributed by atoms with Crippen LogP contribution < -0.4 is 0 Å². The van der Waals surface area contributed by atoms with Crippen molar-refractivity contribution < 1.29 is 5.11 Å². The van der Waals surface area contributed by atoms with Crippen LogP contribution in [0.1, 0.15) is 10.4 Å². The molecule has 0 bridgehead atoms. The van der Waals surface area contributed by atoms with Gasteiger partial charge in [-0.2, -0.15) is 0 Å². The van der Waals surface area contributed by atoms with Crippen molar-refractivity contribution in [2.45, 2.75) is 12.3 Å². The van der Waals surface area contributed by atoms with Gasteiger partial charge in [-0.1, -0.05) is 22.0 Å². The van der Waals surface area contributed by atoms with Crippen LogP contribution in [-0.4, -0.2) is 5.11 Å². The molecule has 0 aliphatic rings. The van der Waals surface area contributed by atoms with Gasteiger partial charge in [0, 0.05) is 20.3 Å². The first-order valence-electron chi connectivity index (χ1n) is 3.99. The van der Waals surface area contributed by atoms with E-state index in [2.05, 4.69) is 22.0 Å². The van der Waals surface area contributed by atoms with Crippen molar-refractivity contribution in [2.24, 2.45) is 0 Å². The Bertz CT molecular complexity index is 447. The van der Waals surface area contributed by atoms with E-state index < -0.39 is 0 Å². The van der Waals surface area contributed by atoms with Gasteiger partial charge < -0.3 is 5.11 Å². The average molecular weight is 257 g/mol. The molecule has 2 rings (SSSR count). The summed E-state index contributed by atoms with van der Waals surface area (Å²) < 4.78 is 1.16. The van der Waals surface area contributed by atoms with Crippen LogP contribution in [0.3, 0.4) is 0 Å². The van der Waals surface area contributed by atoms with Gasteiger partial charge in [-0.15, -0.1) is 11.3 Å². The third-order valence-electron chi connectivity index (χ3n) is 2.05. The minimum Gasteiger partial charge on any atom is -0.506 e. The maximum Gasteiger partial charge on any atom is 0.137 e. The van der Waals surface area contributed by atoms with Gasteiger partial charge >= 0.3 is 0 Å². The van der Waals surface area contributed by atoms with Gasteiger partial charge in [0.1, 0.15) is 5.75 Å². The summed E-state index contributed by atoms with van der Waals surface area (Å²) in [7, 11) is 0. The number of hydrogen-bond acceptors (Lipinski definition) is 2. The molecular weight excluding hydrogens is 248 g/mol. The van der Waals surface area contributed by atoms with Crippen molar-refractivity contribution in [3.8, 4) is 5.75 Å². The number of aromatic hydroxyl groups is 1. The molecule has 0 radical (unpaired) electrons. The molecule has 0 spiro atoms. The molecule has 3 heteroatoms. The number of hydrogen-bond donors (Lipinski definition) is 1. The molecule has 1 N–H and O–H groups in total. The standard InChI is InChI=1S/C10H9BrOS/c1-6-10(12)8-3-2-7(5-11)4-9(8)13-6/h2-4,12H,5H2,1H3. The van der Waals surface area contributed by atoms with E-state index in [4.69, 9.17) is 0 Å². The molecule has 0 saturated carbocycles. The van der Waals surface area contributed by atoms with E-state index in [1.165, 1.54) is 5.56 Å². The largest absolute Gasteiger partial charge is 0.506 e. The predicted molar refractivity (Wildman–Crippen MR) is 60.9 cm³/mol. The van der Waals surface area contributed by atoms with E-state index in [0.29, 0.717) is 5.75 Å². The van der Waals surface area contributed by atoms with Crippen LogP contribution in [0.15, 0.2) is 18.2 Å². The van der Waals surface area contributed by atoms with Gasteiger partial charge in [-0.3, -0.25) is 0 Å². The molecule has 1 nitrogen and oxygen atoms in total. The second-order valence-corrected chi connectivity index (χ2v) is 4.79. The molecule has 0 fully saturated rings. The summed E-state index contributed by atoms with van der Waals surface area (Å²) in [6.45, 7) is 1.94. The van der Waals surface area contributed by atoms with Crippen LogP contribution in [-0.2, 0) is 5.33 Å². The third-order valence-corrected chi connectivity index (χ3v) is 3.76. The molecule has 1 aromatic carbocycles. The fraction of sp³-hybridized carbons (Fsp3) is 0.200. The summed E-state index contributed by atoms with van der Waals surface area (Å²) in [5.74, 6) is 0.432. The highest BCUT2D eigenvalue weighted by atomic mass is 79.9.